The molecule has 2 aromatic heterocycles. The van der Waals surface area contributed by atoms with Crippen LogP contribution in [0.5, 0.6) is 5.88 Å². The molecule has 4 aliphatic rings. The number of carbonyl (C=O) groups is 1. The van der Waals surface area contributed by atoms with Crippen LogP contribution in [0.15, 0.2) is 16.8 Å². The summed E-state index contributed by atoms with van der Waals surface area (Å²) in [4.78, 5) is 25.2. The van der Waals surface area contributed by atoms with Crippen molar-refractivity contribution in [1.29, 1.82) is 0 Å². The van der Waals surface area contributed by atoms with Crippen molar-refractivity contribution in [3.05, 3.63) is 29.3 Å². The monoisotopic (exact) mass is 565 g/mol. The molecule has 4 heterocycles. The van der Waals surface area contributed by atoms with E-state index in [0.717, 1.165) is 76.3 Å². The van der Waals surface area contributed by atoms with E-state index >= 15 is 0 Å². The molecule has 4 N–H and O–H groups in total. The first-order valence-electron chi connectivity index (χ1n) is 15.2. The average molecular weight is 566 g/mol. The van der Waals surface area contributed by atoms with E-state index in [2.05, 4.69) is 24.0 Å². The maximum atomic E-state index is 13.2. The number of fused-ring (bicyclic) bond motifs is 2. The lowest BCUT2D eigenvalue weighted by Crippen LogP contribution is -2.41. The molecule has 0 aromatic carbocycles. The van der Waals surface area contributed by atoms with Gasteiger partial charge in [-0.3, -0.25) is 9.69 Å². The Morgan fingerprint density at radius 3 is 2.73 bits per heavy atom. The molecule has 3 fully saturated rings. The third-order valence-corrected chi connectivity index (χ3v) is 9.58. The van der Waals surface area contributed by atoms with E-state index in [0.29, 0.717) is 60.2 Å². The summed E-state index contributed by atoms with van der Waals surface area (Å²) in [6.07, 6.45) is 11.4. The van der Waals surface area contributed by atoms with Gasteiger partial charge in [0.05, 0.1) is 16.8 Å². The van der Waals surface area contributed by atoms with Gasteiger partial charge in [0, 0.05) is 49.5 Å². The second-order valence-electron chi connectivity index (χ2n) is 12.2. The fraction of sp³-hybridized carbons (Fsp3) is 0.667. The maximum Gasteiger partial charge on any atom is 0.217 e. The zero-order valence-electron chi connectivity index (χ0n) is 24.3. The van der Waals surface area contributed by atoms with Gasteiger partial charge in [0.25, 0.3) is 0 Å². The van der Waals surface area contributed by atoms with Crippen molar-refractivity contribution < 1.29 is 18.8 Å². The molecule has 11 heteroatoms. The smallest absolute Gasteiger partial charge is 0.217 e. The number of aromatic nitrogens is 3. The van der Waals surface area contributed by atoms with Crippen LogP contribution in [0.4, 0.5) is 0 Å². The van der Waals surface area contributed by atoms with E-state index in [1.807, 2.05) is 0 Å². The van der Waals surface area contributed by atoms with Crippen LogP contribution in [0.3, 0.4) is 0 Å². The van der Waals surface area contributed by atoms with Crippen LogP contribution in [-0.4, -0.2) is 75.8 Å². The summed E-state index contributed by atoms with van der Waals surface area (Å²) in [5.41, 5.74) is 8.45. The first-order chi connectivity index (χ1) is 19.9. The van der Waals surface area contributed by atoms with Crippen molar-refractivity contribution in [2.75, 3.05) is 26.8 Å². The predicted molar refractivity (Wildman–Crippen MR) is 153 cm³/mol. The van der Waals surface area contributed by atoms with E-state index in [-0.39, 0.29) is 17.9 Å². The van der Waals surface area contributed by atoms with Crippen LogP contribution in [-0.2, 0) is 21.4 Å². The molecular formula is C30H43N7O4. The Morgan fingerprint density at radius 2 is 1.98 bits per heavy atom. The third-order valence-electron chi connectivity index (χ3n) is 9.58. The molecule has 0 radical (unpaired) electrons. The average Bonchev–Trinajstić information content (AvgIpc) is 3.62. The highest BCUT2D eigenvalue weighted by atomic mass is 16.5. The normalized spacial score (nSPS) is 26.8. The van der Waals surface area contributed by atoms with Gasteiger partial charge in [-0.15, -0.1) is 0 Å². The van der Waals surface area contributed by atoms with Crippen LogP contribution < -0.4 is 16.3 Å². The molecule has 2 aliphatic heterocycles. The van der Waals surface area contributed by atoms with Gasteiger partial charge in [0.2, 0.25) is 5.88 Å². The van der Waals surface area contributed by atoms with Gasteiger partial charge >= 0.3 is 0 Å². The summed E-state index contributed by atoms with van der Waals surface area (Å²) >= 11 is 0. The standard InChI is InChI=1S/C30H43N7O4/c1-19(24-8-6-14-36(24)2)40-26-17-23(22(31)18-37(32)20-10-15-39-16-11-20)33-29(34-26)27-21-7-5-13-30(28(21)41-35-27)12-4-3-9-25(30)38/h17-20,24H,3-16,31-32H2,1-2H3/b22-18-/t19-,24-,30+/m0/s1. The lowest BCUT2D eigenvalue weighted by atomic mass is 9.64. The van der Waals surface area contributed by atoms with Gasteiger partial charge in [-0.1, -0.05) is 11.6 Å². The molecule has 2 saturated heterocycles. The highest BCUT2D eigenvalue weighted by Gasteiger charge is 2.48. The molecular weight excluding hydrogens is 522 g/mol. The van der Waals surface area contributed by atoms with Crippen LogP contribution in [0, 0.1) is 0 Å². The summed E-state index contributed by atoms with van der Waals surface area (Å²) in [5, 5.41) is 6.13. The Hall–Kier alpha value is -3.02. The molecule has 6 rings (SSSR count). The quantitative estimate of drug-likeness (QED) is 0.376. The minimum atomic E-state index is -0.571. The minimum Gasteiger partial charge on any atom is -0.473 e. The highest BCUT2D eigenvalue weighted by Crippen LogP contribution is 2.47. The molecule has 3 atom stereocenters. The summed E-state index contributed by atoms with van der Waals surface area (Å²) in [6.45, 7) is 4.49. The molecule has 1 spiro atoms. The van der Waals surface area contributed by atoms with Crippen molar-refractivity contribution in [2.45, 2.75) is 101 Å². The number of carbonyl (C=O) groups excluding carboxylic acids is 1. The SMILES string of the molecule is C[C@H](Oc1cc(/C(N)=C/N(N)C2CCOCC2)nc(-c2noc3c2CCC[C@@]32CCCCC2=O)n1)[C@@H]1CCCN1C. The highest BCUT2D eigenvalue weighted by molar-refractivity contribution is 5.91. The number of hydrogen-bond acceptors (Lipinski definition) is 11. The number of likely N-dealkylation sites (N-methyl/N-ethyl adjacent to an activating group) is 1. The van der Waals surface area contributed by atoms with Gasteiger partial charge in [-0.05, 0) is 78.3 Å². The fourth-order valence-electron chi connectivity index (χ4n) is 7.22. The molecule has 0 unspecified atom stereocenters. The second-order valence-corrected chi connectivity index (χ2v) is 12.2. The van der Waals surface area contributed by atoms with E-state index < -0.39 is 5.41 Å². The number of ketones is 1. The number of nitrogens with two attached hydrogens (primary N) is 2. The maximum absolute atomic E-state index is 13.2. The Kier molecular flexibility index (Phi) is 8.02. The molecule has 0 bridgehead atoms. The summed E-state index contributed by atoms with van der Waals surface area (Å²) in [6, 6.07) is 2.22. The molecule has 41 heavy (non-hydrogen) atoms. The van der Waals surface area contributed by atoms with Gasteiger partial charge < -0.3 is 24.7 Å². The number of rotatable bonds is 7. The second kappa shape index (κ2) is 11.7. The van der Waals surface area contributed by atoms with Crippen LogP contribution >= 0.6 is 0 Å². The lowest BCUT2D eigenvalue weighted by Gasteiger charge is -2.36. The van der Waals surface area contributed by atoms with E-state index in [4.69, 9.17) is 35.5 Å². The zero-order valence-corrected chi connectivity index (χ0v) is 24.3. The Labute approximate surface area is 241 Å². The lowest BCUT2D eigenvalue weighted by molar-refractivity contribution is -0.128. The largest absolute Gasteiger partial charge is 0.473 e. The Bertz CT molecular complexity index is 1290. The molecule has 222 valence electrons. The number of hydrazine groups is 1. The first kappa shape index (κ1) is 28.1. The van der Waals surface area contributed by atoms with Gasteiger partial charge in [0.1, 0.15) is 11.9 Å². The fourth-order valence-corrected chi connectivity index (χ4v) is 7.22. The van der Waals surface area contributed by atoms with Crippen molar-refractivity contribution in [2.24, 2.45) is 11.6 Å². The van der Waals surface area contributed by atoms with Crippen molar-refractivity contribution in [3.8, 4) is 17.4 Å². The van der Waals surface area contributed by atoms with Crippen LogP contribution in [0.2, 0.25) is 0 Å². The third kappa shape index (κ3) is 5.47. The van der Waals surface area contributed by atoms with Gasteiger partial charge in [0.15, 0.2) is 17.3 Å². The van der Waals surface area contributed by atoms with E-state index in [1.165, 1.54) is 0 Å². The zero-order chi connectivity index (χ0) is 28.6. The number of ether oxygens (including phenoxy) is 2. The molecule has 2 aromatic rings. The summed E-state index contributed by atoms with van der Waals surface area (Å²) < 4.78 is 17.9. The van der Waals surface area contributed by atoms with E-state index in [1.54, 1.807) is 17.3 Å². The van der Waals surface area contributed by atoms with Crippen molar-refractivity contribution in [3.63, 3.8) is 0 Å². The van der Waals surface area contributed by atoms with Gasteiger partial charge in [-0.2, -0.15) is 4.98 Å². The number of likely N-dealkylation sites (tertiary alicyclic amines) is 1. The van der Waals surface area contributed by atoms with Gasteiger partial charge in [-0.25, -0.2) is 10.8 Å². The van der Waals surface area contributed by atoms with Crippen LogP contribution in [0.25, 0.3) is 17.2 Å². The minimum absolute atomic E-state index is 0.0779. The molecule has 1 saturated carbocycles. The molecule has 0 amide bonds. The Morgan fingerprint density at radius 1 is 1.17 bits per heavy atom. The Balaban J connectivity index is 1.37. The molecule has 2 aliphatic carbocycles. The number of hydrogen-bond donors (Lipinski definition) is 2. The number of nitrogens with zero attached hydrogens (tertiary/aromatic N) is 5. The van der Waals surface area contributed by atoms with Crippen molar-refractivity contribution in [1.82, 2.24) is 25.0 Å². The number of Topliss-reactive ketones (excluding diaryl/α,β-unsaturated/α-hetero) is 1. The van der Waals surface area contributed by atoms with E-state index in [9.17, 15) is 4.79 Å². The predicted octanol–water partition coefficient (Wildman–Crippen LogP) is 3.32. The summed E-state index contributed by atoms with van der Waals surface area (Å²) in [5.74, 6) is 8.19. The first-order valence-corrected chi connectivity index (χ1v) is 15.2. The van der Waals surface area contributed by atoms with Crippen molar-refractivity contribution >= 4 is 11.5 Å². The topological polar surface area (TPSA) is 146 Å². The summed E-state index contributed by atoms with van der Waals surface area (Å²) in [7, 11) is 2.13. The van der Waals surface area contributed by atoms with Crippen LogP contribution in [0.1, 0.15) is 88.1 Å². The molecule has 11 nitrogen and oxygen atoms in total.